The Morgan fingerprint density at radius 1 is 1.06 bits per heavy atom. The average molecular weight is 235 g/mol. The van der Waals surface area contributed by atoms with Crippen LogP contribution in [0.25, 0.3) is 0 Å². The summed E-state index contributed by atoms with van der Waals surface area (Å²) >= 11 is 1.80. The Morgan fingerprint density at radius 3 is 2.06 bits per heavy atom. The minimum atomic E-state index is 1.09. The second-order valence-corrected chi connectivity index (χ2v) is 5.00. The third-order valence-electron chi connectivity index (χ3n) is 2.64. The zero-order chi connectivity index (χ0) is 11.8. The van der Waals surface area contributed by atoms with Crippen molar-refractivity contribution in [2.45, 2.75) is 31.6 Å². The van der Waals surface area contributed by atoms with Gasteiger partial charge in [0.25, 0.3) is 0 Å². The first-order valence-corrected chi connectivity index (χ1v) is 7.37. The summed E-state index contributed by atoms with van der Waals surface area (Å²) < 4.78 is 0. The Morgan fingerprint density at radius 2 is 1.62 bits per heavy atom. The van der Waals surface area contributed by atoms with E-state index >= 15 is 0 Å². The first-order chi connectivity index (χ1) is 7.80. The lowest BCUT2D eigenvalue weighted by Gasteiger charge is -2.20. The number of rotatable bonds is 7. The summed E-state index contributed by atoms with van der Waals surface area (Å²) in [6, 6.07) is 8.94. The smallest absolute Gasteiger partial charge is 0.238 e. The molecule has 3 heteroatoms. The second kappa shape index (κ2) is 7.80. The highest BCUT2D eigenvalue weighted by molar-refractivity contribution is 7.98. The molecule has 0 fully saturated rings. The van der Waals surface area contributed by atoms with E-state index < -0.39 is 0 Å². The number of nitrogens with zero attached hydrogens (tertiary/aromatic N) is 1. The van der Waals surface area contributed by atoms with E-state index in [0.717, 1.165) is 7.41 Å². The predicted octanol–water partition coefficient (Wildman–Crippen LogP) is 2.51. The molecule has 0 aliphatic carbocycles. The van der Waals surface area contributed by atoms with Crippen LogP contribution >= 0.6 is 11.8 Å². The first kappa shape index (κ1) is 13.7. The van der Waals surface area contributed by atoms with Gasteiger partial charge in [-0.2, -0.15) is 0 Å². The van der Waals surface area contributed by atoms with Crippen molar-refractivity contribution in [2.24, 2.45) is 0 Å². The topological polar surface area (TPSA) is 3.24 Å². The van der Waals surface area contributed by atoms with Crippen molar-refractivity contribution in [2.75, 3.05) is 19.3 Å². The normalized spacial score (nSPS) is 10.8. The largest absolute Gasteiger partial charge is 0.341 e. The van der Waals surface area contributed by atoms with Gasteiger partial charge in [-0.15, -0.1) is 11.8 Å². The molecular weight excluding hydrogens is 213 g/mol. The van der Waals surface area contributed by atoms with Gasteiger partial charge in [0.15, 0.2) is 0 Å². The standard InChI is InChI=1S/C13H22BNS/c1-4-10-15(11-5-2)14-12-6-8-13(16-3)9-7-12/h6-9,14H,4-5,10-11H2,1-3H3. The molecule has 0 amide bonds. The zero-order valence-electron chi connectivity index (χ0n) is 10.7. The maximum absolute atomic E-state index is 2.54. The van der Waals surface area contributed by atoms with Crippen LogP contribution in [0.3, 0.4) is 0 Å². The fourth-order valence-electron chi connectivity index (χ4n) is 1.89. The van der Waals surface area contributed by atoms with Gasteiger partial charge >= 0.3 is 0 Å². The molecule has 0 aliphatic rings. The summed E-state index contributed by atoms with van der Waals surface area (Å²) in [5, 5.41) is 0. The van der Waals surface area contributed by atoms with Crippen LogP contribution in [0.1, 0.15) is 26.7 Å². The van der Waals surface area contributed by atoms with Crippen molar-refractivity contribution in [1.29, 1.82) is 0 Å². The van der Waals surface area contributed by atoms with E-state index in [1.807, 2.05) is 0 Å². The molecule has 1 nitrogen and oxygen atoms in total. The lowest BCUT2D eigenvalue weighted by Crippen LogP contribution is -2.37. The van der Waals surface area contributed by atoms with Crippen molar-refractivity contribution in [1.82, 2.24) is 4.81 Å². The molecule has 1 aromatic rings. The molecule has 0 aromatic heterocycles. The van der Waals surface area contributed by atoms with E-state index in [1.54, 1.807) is 11.8 Å². The van der Waals surface area contributed by atoms with Gasteiger partial charge < -0.3 is 4.81 Å². The van der Waals surface area contributed by atoms with Crippen LogP contribution in [-0.4, -0.2) is 31.6 Å². The van der Waals surface area contributed by atoms with Crippen molar-refractivity contribution in [3.63, 3.8) is 0 Å². The van der Waals surface area contributed by atoms with Gasteiger partial charge in [0.2, 0.25) is 7.41 Å². The molecule has 1 rings (SSSR count). The highest BCUT2D eigenvalue weighted by atomic mass is 32.2. The lowest BCUT2D eigenvalue weighted by atomic mass is 9.80. The summed E-state index contributed by atoms with van der Waals surface area (Å²) in [7, 11) is 1.09. The van der Waals surface area contributed by atoms with Crippen LogP contribution in [0.4, 0.5) is 0 Å². The molecule has 0 heterocycles. The highest BCUT2D eigenvalue weighted by Gasteiger charge is 2.05. The molecule has 0 spiro atoms. The summed E-state index contributed by atoms with van der Waals surface area (Å²) in [6.07, 6.45) is 4.60. The summed E-state index contributed by atoms with van der Waals surface area (Å²) in [4.78, 5) is 3.88. The van der Waals surface area contributed by atoms with E-state index in [9.17, 15) is 0 Å². The van der Waals surface area contributed by atoms with Crippen molar-refractivity contribution in [3.05, 3.63) is 24.3 Å². The molecular formula is C13H22BNS. The lowest BCUT2D eigenvalue weighted by molar-refractivity contribution is 0.445. The molecule has 0 N–H and O–H groups in total. The maximum atomic E-state index is 2.54. The quantitative estimate of drug-likeness (QED) is 0.527. The highest BCUT2D eigenvalue weighted by Crippen LogP contribution is 2.11. The van der Waals surface area contributed by atoms with E-state index in [2.05, 4.69) is 49.2 Å². The van der Waals surface area contributed by atoms with Crippen LogP contribution in [0.15, 0.2) is 29.2 Å². The Bertz CT molecular complexity index is 280. The fraction of sp³-hybridized carbons (Fsp3) is 0.538. The maximum Gasteiger partial charge on any atom is 0.238 e. The van der Waals surface area contributed by atoms with Gasteiger partial charge in [0, 0.05) is 4.90 Å². The molecule has 0 saturated carbocycles. The van der Waals surface area contributed by atoms with Crippen molar-refractivity contribution >= 4 is 24.6 Å². The van der Waals surface area contributed by atoms with Gasteiger partial charge in [-0.25, -0.2) is 0 Å². The third-order valence-corrected chi connectivity index (χ3v) is 3.39. The Balaban J connectivity index is 2.54. The van der Waals surface area contributed by atoms with E-state index in [0.29, 0.717) is 0 Å². The molecule has 16 heavy (non-hydrogen) atoms. The summed E-state index contributed by atoms with van der Waals surface area (Å²) in [6.45, 7) is 6.91. The van der Waals surface area contributed by atoms with E-state index in [-0.39, 0.29) is 0 Å². The zero-order valence-corrected chi connectivity index (χ0v) is 11.5. The van der Waals surface area contributed by atoms with E-state index in [1.165, 1.54) is 36.3 Å². The van der Waals surface area contributed by atoms with Crippen molar-refractivity contribution in [3.8, 4) is 0 Å². The number of thioether (sulfide) groups is 1. The number of benzene rings is 1. The van der Waals surface area contributed by atoms with Crippen LogP contribution in [0, 0.1) is 0 Å². The summed E-state index contributed by atoms with van der Waals surface area (Å²) in [5.74, 6) is 0. The molecule has 0 radical (unpaired) electrons. The minimum Gasteiger partial charge on any atom is -0.341 e. The van der Waals surface area contributed by atoms with Gasteiger partial charge in [0.05, 0.1) is 0 Å². The first-order valence-electron chi connectivity index (χ1n) is 6.15. The molecule has 88 valence electrons. The second-order valence-electron chi connectivity index (χ2n) is 4.12. The van der Waals surface area contributed by atoms with Crippen LogP contribution < -0.4 is 5.46 Å². The fourth-order valence-corrected chi connectivity index (χ4v) is 2.30. The minimum absolute atomic E-state index is 1.09. The molecule has 0 unspecified atom stereocenters. The van der Waals surface area contributed by atoms with Crippen LogP contribution in [-0.2, 0) is 0 Å². The molecule has 0 atom stereocenters. The van der Waals surface area contributed by atoms with Crippen LogP contribution in [0.2, 0.25) is 0 Å². The van der Waals surface area contributed by atoms with Gasteiger partial charge in [-0.3, -0.25) is 0 Å². The van der Waals surface area contributed by atoms with Crippen molar-refractivity contribution < 1.29 is 0 Å². The van der Waals surface area contributed by atoms with Crippen LogP contribution in [0.5, 0.6) is 0 Å². The Kier molecular flexibility index (Phi) is 6.66. The predicted molar refractivity (Wildman–Crippen MR) is 77.2 cm³/mol. The number of hydrogen-bond donors (Lipinski definition) is 0. The van der Waals surface area contributed by atoms with E-state index in [4.69, 9.17) is 0 Å². The molecule has 0 aliphatic heterocycles. The third kappa shape index (κ3) is 4.62. The van der Waals surface area contributed by atoms with Gasteiger partial charge in [-0.05, 0) is 44.3 Å². The molecule has 0 saturated heterocycles. The number of hydrogen-bond acceptors (Lipinski definition) is 2. The van der Waals surface area contributed by atoms with Gasteiger partial charge in [-0.1, -0.05) is 31.4 Å². The molecule has 0 bridgehead atoms. The SMILES string of the molecule is CCCN(Bc1ccc(SC)cc1)CCC. The summed E-state index contributed by atoms with van der Waals surface area (Å²) in [5.41, 5.74) is 1.43. The average Bonchev–Trinajstić information content (AvgIpc) is 2.31. The monoisotopic (exact) mass is 235 g/mol. The Hall–Kier alpha value is -0.405. The Labute approximate surface area is 105 Å². The molecule has 1 aromatic carbocycles. The van der Waals surface area contributed by atoms with Gasteiger partial charge in [0.1, 0.15) is 0 Å².